The predicted octanol–water partition coefficient (Wildman–Crippen LogP) is 3.19. The van der Waals surface area contributed by atoms with Gasteiger partial charge in [0.15, 0.2) is 5.16 Å². The van der Waals surface area contributed by atoms with Crippen molar-refractivity contribution >= 4 is 17.7 Å². The van der Waals surface area contributed by atoms with Crippen molar-refractivity contribution in [2.45, 2.75) is 56.8 Å². The Kier molecular flexibility index (Phi) is 5.96. The van der Waals surface area contributed by atoms with E-state index in [2.05, 4.69) is 17.1 Å². The number of nitrogens with zero attached hydrogens (tertiary/aromatic N) is 4. The molecule has 1 aliphatic carbocycles. The van der Waals surface area contributed by atoms with Crippen molar-refractivity contribution in [3.63, 3.8) is 0 Å². The Balaban J connectivity index is 1.56. The maximum Gasteiger partial charge on any atom is 0.233 e. The number of amides is 1. The lowest BCUT2D eigenvalue weighted by Gasteiger charge is -2.33. The normalized spacial score (nSPS) is 15.5. The van der Waals surface area contributed by atoms with Gasteiger partial charge in [-0.15, -0.1) is 10.2 Å². The fraction of sp³-hybridized carbons (Fsp3) is 0.588. The van der Waals surface area contributed by atoms with Crippen molar-refractivity contribution in [3.8, 4) is 0 Å². The molecule has 1 saturated carbocycles. The first-order valence-corrected chi connectivity index (χ1v) is 9.59. The molecule has 0 spiro atoms. The molecule has 0 bridgehead atoms. The van der Waals surface area contributed by atoms with Crippen LogP contribution in [0.2, 0.25) is 0 Å². The highest BCUT2D eigenvalue weighted by atomic mass is 32.2. The average Bonchev–Trinajstić information content (AvgIpc) is 3.27. The van der Waals surface area contributed by atoms with Gasteiger partial charge in [0.25, 0.3) is 0 Å². The molecular formula is C17H24N4O2S. The van der Waals surface area contributed by atoms with E-state index in [4.69, 9.17) is 4.42 Å². The first-order valence-electron chi connectivity index (χ1n) is 8.60. The monoisotopic (exact) mass is 348 g/mol. The van der Waals surface area contributed by atoms with Crippen LogP contribution in [-0.4, -0.2) is 43.9 Å². The lowest BCUT2D eigenvalue weighted by Crippen LogP contribution is -2.42. The summed E-state index contributed by atoms with van der Waals surface area (Å²) in [6.07, 6.45) is 9.37. The average molecular weight is 348 g/mol. The van der Waals surface area contributed by atoms with Crippen LogP contribution in [0.4, 0.5) is 0 Å². The molecular weight excluding hydrogens is 324 g/mol. The molecule has 7 heteroatoms. The van der Waals surface area contributed by atoms with Gasteiger partial charge in [0.05, 0.1) is 18.6 Å². The van der Waals surface area contributed by atoms with Crippen LogP contribution in [0.5, 0.6) is 0 Å². The number of carbonyl (C=O) groups is 1. The third-order valence-electron chi connectivity index (χ3n) is 4.49. The topological polar surface area (TPSA) is 64.2 Å². The minimum Gasteiger partial charge on any atom is -0.467 e. The highest BCUT2D eigenvalue weighted by Gasteiger charge is 2.24. The molecule has 0 radical (unpaired) electrons. The molecule has 2 aromatic rings. The second kappa shape index (κ2) is 8.37. The Bertz CT molecular complexity index is 635. The summed E-state index contributed by atoms with van der Waals surface area (Å²) in [7, 11) is 0. The van der Waals surface area contributed by atoms with Crippen molar-refractivity contribution < 1.29 is 9.21 Å². The Morgan fingerprint density at radius 3 is 2.96 bits per heavy atom. The lowest BCUT2D eigenvalue weighted by molar-refractivity contribution is -0.131. The molecule has 0 unspecified atom stereocenters. The summed E-state index contributed by atoms with van der Waals surface area (Å²) >= 11 is 1.45. The quantitative estimate of drug-likeness (QED) is 0.719. The number of aromatic nitrogens is 3. The molecule has 24 heavy (non-hydrogen) atoms. The van der Waals surface area contributed by atoms with Crippen LogP contribution < -0.4 is 0 Å². The van der Waals surface area contributed by atoms with E-state index < -0.39 is 0 Å². The van der Waals surface area contributed by atoms with Gasteiger partial charge in [-0.1, -0.05) is 31.0 Å². The third kappa shape index (κ3) is 4.20. The second-order valence-electron chi connectivity index (χ2n) is 6.08. The summed E-state index contributed by atoms with van der Waals surface area (Å²) in [4.78, 5) is 14.7. The summed E-state index contributed by atoms with van der Waals surface area (Å²) in [5, 5.41) is 8.84. The molecule has 2 heterocycles. The summed E-state index contributed by atoms with van der Waals surface area (Å²) in [6, 6.07) is 4.19. The highest BCUT2D eigenvalue weighted by Crippen LogP contribution is 2.24. The van der Waals surface area contributed by atoms with Gasteiger partial charge in [-0.05, 0) is 31.9 Å². The highest BCUT2D eigenvalue weighted by molar-refractivity contribution is 7.99. The molecule has 130 valence electrons. The predicted molar refractivity (Wildman–Crippen MR) is 92.8 cm³/mol. The molecule has 0 atom stereocenters. The molecule has 0 aromatic carbocycles. The number of hydrogen-bond donors (Lipinski definition) is 0. The standard InChI is InChI=1S/C17H24N4O2S/c1-2-21(14-7-4-3-5-8-14)16(22)12-24-17-19-18-13-20(17)11-15-9-6-10-23-15/h6,9-10,13-14H,2-5,7-8,11-12H2,1H3. The van der Waals surface area contributed by atoms with Gasteiger partial charge in [0, 0.05) is 12.6 Å². The first-order chi connectivity index (χ1) is 11.8. The molecule has 2 aromatic heterocycles. The van der Waals surface area contributed by atoms with Crippen molar-refractivity contribution in [2.24, 2.45) is 0 Å². The fourth-order valence-electron chi connectivity index (χ4n) is 3.28. The largest absolute Gasteiger partial charge is 0.467 e. The smallest absolute Gasteiger partial charge is 0.233 e. The Morgan fingerprint density at radius 1 is 1.42 bits per heavy atom. The van der Waals surface area contributed by atoms with Gasteiger partial charge in [0.2, 0.25) is 5.91 Å². The van der Waals surface area contributed by atoms with Gasteiger partial charge in [0.1, 0.15) is 12.1 Å². The van der Waals surface area contributed by atoms with Crippen LogP contribution in [0, 0.1) is 0 Å². The van der Waals surface area contributed by atoms with Crippen molar-refractivity contribution in [3.05, 3.63) is 30.5 Å². The number of hydrogen-bond acceptors (Lipinski definition) is 5. The molecule has 3 rings (SSSR count). The fourth-order valence-corrected chi connectivity index (χ4v) is 4.08. The van der Waals surface area contributed by atoms with E-state index in [1.807, 2.05) is 21.6 Å². The zero-order valence-electron chi connectivity index (χ0n) is 14.1. The van der Waals surface area contributed by atoms with E-state index in [9.17, 15) is 4.79 Å². The zero-order chi connectivity index (χ0) is 16.8. The van der Waals surface area contributed by atoms with Gasteiger partial charge in [-0.3, -0.25) is 4.79 Å². The number of furan rings is 1. The minimum absolute atomic E-state index is 0.196. The van der Waals surface area contributed by atoms with E-state index >= 15 is 0 Å². The SMILES string of the molecule is CCN(C(=O)CSc1nncn1Cc1ccco1)C1CCCCC1. The van der Waals surface area contributed by atoms with Crippen molar-refractivity contribution in [1.82, 2.24) is 19.7 Å². The van der Waals surface area contributed by atoms with Crippen LogP contribution >= 0.6 is 11.8 Å². The van der Waals surface area contributed by atoms with E-state index in [-0.39, 0.29) is 5.91 Å². The lowest BCUT2D eigenvalue weighted by atomic mass is 9.94. The summed E-state index contributed by atoms with van der Waals surface area (Å²) in [5.41, 5.74) is 0. The second-order valence-corrected chi connectivity index (χ2v) is 7.02. The Labute approximate surface area is 146 Å². The van der Waals surface area contributed by atoms with Crippen LogP contribution in [0.25, 0.3) is 0 Å². The maximum atomic E-state index is 12.6. The Morgan fingerprint density at radius 2 is 2.25 bits per heavy atom. The van der Waals surface area contributed by atoms with Crippen molar-refractivity contribution in [2.75, 3.05) is 12.3 Å². The molecule has 0 N–H and O–H groups in total. The molecule has 0 saturated heterocycles. The number of thioether (sulfide) groups is 1. The van der Waals surface area contributed by atoms with E-state index in [1.54, 1.807) is 12.6 Å². The zero-order valence-corrected chi connectivity index (χ0v) is 14.9. The van der Waals surface area contributed by atoms with Crippen LogP contribution in [-0.2, 0) is 11.3 Å². The third-order valence-corrected chi connectivity index (χ3v) is 5.45. The van der Waals surface area contributed by atoms with Crippen LogP contribution in [0.15, 0.2) is 34.3 Å². The van der Waals surface area contributed by atoms with Gasteiger partial charge in [-0.25, -0.2) is 0 Å². The van der Waals surface area contributed by atoms with Crippen LogP contribution in [0.1, 0.15) is 44.8 Å². The van der Waals surface area contributed by atoms with E-state index in [1.165, 1.54) is 31.0 Å². The molecule has 1 fully saturated rings. The van der Waals surface area contributed by atoms with E-state index in [0.29, 0.717) is 18.3 Å². The van der Waals surface area contributed by atoms with Gasteiger partial charge >= 0.3 is 0 Å². The van der Waals surface area contributed by atoms with Gasteiger partial charge in [-0.2, -0.15) is 0 Å². The molecule has 0 aliphatic heterocycles. The van der Waals surface area contributed by atoms with Crippen molar-refractivity contribution in [1.29, 1.82) is 0 Å². The first kappa shape index (κ1) is 17.1. The molecule has 6 nitrogen and oxygen atoms in total. The Hall–Kier alpha value is -1.76. The number of rotatable bonds is 7. The maximum absolute atomic E-state index is 12.6. The van der Waals surface area contributed by atoms with Gasteiger partial charge < -0.3 is 13.9 Å². The summed E-state index contributed by atoms with van der Waals surface area (Å²) in [5.74, 6) is 1.45. The summed E-state index contributed by atoms with van der Waals surface area (Å²) in [6.45, 7) is 3.43. The molecule has 1 aliphatic rings. The minimum atomic E-state index is 0.196. The van der Waals surface area contributed by atoms with E-state index in [0.717, 1.165) is 30.3 Å². The molecule has 1 amide bonds. The van der Waals surface area contributed by atoms with Crippen LogP contribution in [0.3, 0.4) is 0 Å². The summed E-state index contributed by atoms with van der Waals surface area (Å²) < 4.78 is 7.27. The number of carbonyl (C=O) groups excluding carboxylic acids is 1.